The quantitative estimate of drug-likeness (QED) is 0.171. The number of hydrogen-bond donors (Lipinski definition) is 1. The van der Waals surface area contributed by atoms with Crippen molar-refractivity contribution in [1.29, 1.82) is 10.5 Å². The maximum Gasteiger partial charge on any atom is 0.226 e. The molecule has 10 rings (SSSR count). The molecule has 1 N–H and O–H groups in total. The number of benzene rings is 3. The molecule has 5 aromatic rings. The van der Waals surface area contributed by atoms with Crippen molar-refractivity contribution in [3.8, 4) is 29.0 Å². The van der Waals surface area contributed by atoms with Gasteiger partial charge in [-0.05, 0) is 80.5 Å². The molecule has 262 valence electrons. The zero-order chi connectivity index (χ0) is 35.8. The number of likely N-dealkylation sites (tertiary alicyclic amines) is 1. The first-order chi connectivity index (χ1) is 25.2. The maximum atomic E-state index is 17.2. The Morgan fingerprint density at radius 3 is 2.65 bits per heavy atom. The lowest BCUT2D eigenvalue weighted by molar-refractivity contribution is -0.133. The Bertz CT molecular complexity index is 2380. The molecule has 5 atom stereocenters. The van der Waals surface area contributed by atoms with Crippen LogP contribution in [0.15, 0.2) is 54.6 Å². The highest BCUT2D eigenvalue weighted by atomic mass is 35.5. The first-order valence-corrected chi connectivity index (χ1v) is 18.7. The summed E-state index contributed by atoms with van der Waals surface area (Å²) in [6.45, 7) is 3.24. The first-order valence-electron chi connectivity index (χ1n) is 17.9. The molecule has 3 aromatic carbocycles. The van der Waals surface area contributed by atoms with E-state index in [9.17, 15) is 15.3 Å². The lowest BCUT2D eigenvalue weighted by Gasteiger charge is -2.39. The van der Waals surface area contributed by atoms with Crippen LogP contribution in [0.1, 0.15) is 66.7 Å². The molecule has 3 saturated heterocycles. The summed E-state index contributed by atoms with van der Waals surface area (Å²) in [6.07, 6.45) is 3.63. The second-order valence-corrected chi connectivity index (χ2v) is 15.5. The van der Waals surface area contributed by atoms with Crippen LogP contribution in [0.25, 0.3) is 32.9 Å². The van der Waals surface area contributed by atoms with E-state index in [4.69, 9.17) is 32.9 Å². The van der Waals surface area contributed by atoms with Crippen molar-refractivity contribution in [2.75, 3.05) is 13.1 Å². The standard InChI is InChI=1S/C41H35Cl2FN6O2/c1-21-29-17-34(33-16-27(20-49(33)41(51)23-10-11-23)52-26-7-2-5-22(13-26)18-46)50(39-25-15-32(39)47-19-25)40(29)30-14-24(6-4-12-45)35(37(44)38(30)48-21)28-8-3-9-31(42)36(28)43/h2-3,5,7-9,13-14,17,23,25,27,32-33,39,47H,4,6,10-11,15-16,19-20H2,1H3. The van der Waals surface area contributed by atoms with Crippen molar-refractivity contribution >= 4 is 50.9 Å². The van der Waals surface area contributed by atoms with E-state index in [-0.39, 0.29) is 53.0 Å². The van der Waals surface area contributed by atoms with E-state index in [0.29, 0.717) is 69.4 Å². The van der Waals surface area contributed by atoms with Gasteiger partial charge in [0.1, 0.15) is 17.4 Å². The monoisotopic (exact) mass is 732 g/mol. The highest BCUT2D eigenvalue weighted by Crippen LogP contribution is 2.51. The van der Waals surface area contributed by atoms with E-state index < -0.39 is 5.82 Å². The Labute approximate surface area is 310 Å². The van der Waals surface area contributed by atoms with Crippen LogP contribution < -0.4 is 10.1 Å². The normalized spacial score (nSPS) is 23.5. The van der Waals surface area contributed by atoms with Crippen LogP contribution in [0.5, 0.6) is 5.75 Å². The van der Waals surface area contributed by atoms with Gasteiger partial charge < -0.3 is 19.5 Å². The number of halogens is 3. The number of ether oxygens (including phenoxy) is 1. The highest BCUT2D eigenvalue weighted by molar-refractivity contribution is 6.43. The minimum atomic E-state index is -0.497. The number of pyridine rings is 1. The van der Waals surface area contributed by atoms with Gasteiger partial charge >= 0.3 is 0 Å². The molecular formula is C41H35Cl2FN6O2. The van der Waals surface area contributed by atoms with Crippen LogP contribution in [-0.2, 0) is 11.2 Å². The molecule has 11 heteroatoms. The SMILES string of the molecule is Cc1nc2c(F)c(-c3cccc(Cl)c3Cl)c(CCC#N)cc2c2c1cc(C1CC(Oc3cccc(C#N)c3)CN1C(=O)C1CC1)n2C1C2CNC1C2. The molecule has 3 aliphatic heterocycles. The van der Waals surface area contributed by atoms with E-state index >= 15 is 4.39 Å². The van der Waals surface area contributed by atoms with Gasteiger partial charge in [0, 0.05) is 64.6 Å². The lowest BCUT2D eigenvalue weighted by atomic mass is 9.79. The molecular weight excluding hydrogens is 698 g/mol. The number of nitrogens with one attached hydrogen (secondary N) is 1. The largest absolute Gasteiger partial charge is 0.488 e. The van der Waals surface area contributed by atoms with Gasteiger partial charge in [-0.25, -0.2) is 9.37 Å². The number of rotatable bonds is 8. The summed E-state index contributed by atoms with van der Waals surface area (Å²) in [5.41, 5.74) is 4.77. The van der Waals surface area contributed by atoms with E-state index in [1.165, 1.54) is 0 Å². The zero-order valence-corrected chi connectivity index (χ0v) is 30.0. The predicted octanol–water partition coefficient (Wildman–Crippen LogP) is 8.60. The van der Waals surface area contributed by atoms with Crippen molar-refractivity contribution in [2.24, 2.45) is 11.8 Å². The Morgan fingerprint density at radius 1 is 1.10 bits per heavy atom. The second-order valence-electron chi connectivity index (χ2n) is 14.7. The van der Waals surface area contributed by atoms with Gasteiger partial charge in [0.2, 0.25) is 5.91 Å². The van der Waals surface area contributed by atoms with Crippen molar-refractivity contribution < 1.29 is 13.9 Å². The van der Waals surface area contributed by atoms with Crippen molar-refractivity contribution in [1.82, 2.24) is 19.8 Å². The summed E-state index contributed by atoms with van der Waals surface area (Å²) < 4.78 is 26.1. The molecule has 5 fully saturated rings. The molecule has 5 heterocycles. The Hall–Kier alpha value is -4.67. The molecule has 52 heavy (non-hydrogen) atoms. The molecule has 5 unspecified atom stereocenters. The number of hydrogen-bond acceptors (Lipinski definition) is 6. The number of carbonyl (C=O) groups is 1. The summed E-state index contributed by atoms with van der Waals surface area (Å²) in [5, 5.41) is 24.9. The highest BCUT2D eigenvalue weighted by Gasteiger charge is 2.51. The third-order valence-electron chi connectivity index (χ3n) is 11.5. The topological polar surface area (TPSA) is 107 Å². The Morgan fingerprint density at radius 2 is 1.92 bits per heavy atom. The fourth-order valence-corrected chi connectivity index (χ4v) is 9.30. The third-order valence-corrected chi connectivity index (χ3v) is 12.3. The molecule has 0 spiro atoms. The minimum absolute atomic E-state index is 0.0142. The minimum Gasteiger partial charge on any atom is -0.488 e. The van der Waals surface area contributed by atoms with E-state index in [0.717, 1.165) is 42.4 Å². The van der Waals surface area contributed by atoms with Crippen LogP contribution >= 0.6 is 23.2 Å². The smallest absolute Gasteiger partial charge is 0.226 e. The summed E-state index contributed by atoms with van der Waals surface area (Å²) in [4.78, 5) is 20.9. The molecule has 2 aliphatic carbocycles. The summed E-state index contributed by atoms with van der Waals surface area (Å²) in [6, 6.07) is 21.0. The molecule has 8 nitrogen and oxygen atoms in total. The fraction of sp³-hybridized carbons (Fsp3) is 0.366. The van der Waals surface area contributed by atoms with Crippen molar-refractivity contribution in [3.63, 3.8) is 0 Å². The van der Waals surface area contributed by atoms with Gasteiger partial charge in [-0.15, -0.1) is 0 Å². The second kappa shape index (κ2) is 12.8. The van der Waals surface area contributed by atoms with Gasteiger partial charge in [-0.3, -0.25) is 4.79 Å². The molecule has 2 bridgehead atoms. The summed E-state index contributed by atoms with van der Waals surface area (Å²) >= 11 is 13.1. The maximum absolute atomic E-state index is 17.2. The van der Waals surface area contributed by atoms with Crippen molar-refractivity contribution in [2.45, 2.75) is 69.7 Å². The Kier molecular flexibility index (Phi) is 8.15. The molecule has 2 aromatic heterocycles. The molecule has 5 aliphatic rings. The van der Waals surface area contributed by atoms with Gasteiger partial charge in [-0.1, -0.05) is 41.4 Å². The fourth-order valence-electron chi connectivity index (χ4n) is 8.90. The van der Waals surface area contributed by atoms with E-state index in [2.05, 4.69) is 28.1 Å². The van der Waals surface area contributed by atoms with Crippen molar-refractivity contribution in [3.05, 3.63) is 93.0 Å². The van der Waals surface area contributed by atoms with Crippen LogP contribution in [0.2, 0.25) is 10.0 Å². The number of nitrogens with zero attached hydrogens (tertiary/aromatic N) is 5. The average Bonchev–Trinajstić information content (AvgIpc) is 3.43. The molecule has 0 radical (unpaired) electrons. The number of aromatic nitrogens is 2. The summed E-state index contributed by atoms with van der Waals surface area (Å²) in [7, 11) is 0. The lowest BCUT2D eigenvalue weighted by Crippen LogP contribution is -2.41. The van der Waals surface area contributed by atoms with Crippen LogP contribution in [0.3, 0.4) is 0 Å². The number of amides is 1. The predicted molar refractivity (Wildman–Crippen MR) is 198 cm³/mol. The zero-order valence-electron chi connectivity index (χ0n) is 28.5. The van der Waals surface area contributed by atoms with Gasteiger partial charge in [-0.2, -0.15) is 10.5 Å². The van der Waals surface area contributed by atoms with Crippen LogP contribution in [0, 0.1) is 47.2 Å². The van der Waals surface area contributed by atoms with E-state index in [1.54, 1.807) is 36.4 Å². The number of nitriles is 2. The van der Waals surface area contributed by atoms with Gasteiger partial charge in [0.15, 0.2) is 5.82 Å². The number of aryl methyl sites for hydroxylation is 2. The number of carbonyl (C=O) groups excluding carboxylic acids is 1. The summed E-state index contributed by atoms with van der Waals surface area (Å²) in [5.74, 6) is 0.654. The molecule has 2 saturated carbocycles. The van der Waals surface area contributed by atoms with Crippen LogP contribution in [-0.4, -0.2) is 45.6 Å². The first kappa shape index (κ1) is 33.2. The number of fused-ring (bicyclic) bond motifs is 4. The van der Waals surface area contributed by atoms with E-state index in [1.807, 2.05) is 24.0 Å². The van der Waals surface area contributed by atoms with Crippen LogP contribution in [0.4, 0.5) is 4.39 Å². The third kappa shape index (κ3) is 5.33. The Balaban J connectivity index is 1.25. The van der Waals surface area contributed by atoms with Gasteiger partial charge in [0.05, 0.1) is 51.9 Å². The van der Waals surface area contributed by atoms with Gasteiger partial charge in [0.25, 0.3) is 0 Å². The molecule has 1 amide bonds. The average molecular weight is 734 g/mol.